The topological polar surface area (TPSA) is 30.0 Å². The molecule has 2 aromatic rings. The van der Waals surface area contributed by atoms with Crippen molar-refractivity contribution in [2.24, 2.45) is 0 Å². The second kappa shape index (κ2) is 4.24. The molecule has 0 saturated heterocycles. The molecule has 4 heteroatoms. The van der Waals surface area contributed by atoms with Crippen LogP contribution in [0, 0.1) is 0 Å². The molecule has 0 spiro atoms. The van der Waals surface area contributed by atoms with Gasteiger partial charge in [-0.2, -0.15) is 0 Å². The van der Waals surface area contributed by atoms with Gasteiger partial charge in [0.05, 0.1) is 0 Å². The maximum Gasteiger partial charge on any atom is 0.182 e. The Hall–Kier alpha value is -1.19. The Morgan fingerprint density at radius 2 is 2.18 bits per heavy atom. The monoisotopic (exact) mass is 263 g/mol. The molecule has 0 atom stereocenters. The fraction of sp³-hybridized carbons (Fsp3) is 0.231. The van der Waals surface area contributed by atoms with Gasteiger partial charge in [0, 0.05) is 21.9 Å². The van der Waals surface area contributed by atoms with Gasteiger partial charge in [0.25, 0.3) is 0 Å². The highest BCUT2D eigenvalue weighted by atomic mass is 35.5. The number of aryl methyl sites for hydroxylation is 1. The summed E-state index contributed by atoms with van der Waals surface area (Å²) in [6, 6.07) is 7.60. The van der Waals surface area contributed by atoms with Crippen LogP contribution in [0.2, 0.25) is 5.02 Å². The molecule has 17 heavy (non-hydrogen) atoms. The first kappa shape index (κ1) is 10.9. The van der Waals surface area contributed by atoms with Crippen molar-refractivity contribution in [2.45, 2.75) is 19.3 Å². The summed E-state index contributed by atoms with van der Waals surface area (Å²) in [5.41, 5.74) is 1.67. The molecule has 1 aliphatic carbocycles. The molecule has 0 N–H and O–H groups in total. The number of thiazole rings is 1. The largest absolute Gasteiger partial charge is 0.292 e. The molecule has 0 radical (unpaired) electrons. The van der Waals surface area contributed by atoms with E-state index in [0.717, 1.165) is 28.3 Å². The molecule has 1 aliphatic rings. The first-order valence-electron chi connectivity index (χ1n) is 5.53. The number of rotatable bonds is 1. The molecule has 1 aromatic heterocycles. The van der Waals surface area contributed by atoms with Gasteiger partial charge in [0.15, 0.2) is 5.78 Å². The second-order valence-electron chi connectivity index (χ2n) is 4.08. The summed E-state index contributed by atoms with van der Waals surface area (Å²) in [7, 11) is 0. The Morgan fingerprint density at radius 1 is 1.29 bits per heavy atom. The van der Waals surface area contributed by atoms with Gasteiger partial charge in [-0.1, -0.05) is 23.7 Å². The Bertz CT molecular complexity index is 591. The number of ketones is 1. The first-order chi connectivity index (χ1) is 8.24. The lowest BCUT2D eigenvalue weighted by Gasteiger charge is -2.06. The van der Waals surface area contributed by atoms with Crippen molar-refractivity contribution in [1.29, 1.82) is 0 Å². The lowest BCUT2D eigenvalue weighted by molar-refractivity contribution is 0.0968. The van der Waals surface area contributed by atoms with Gasteiger partial charge < -0.3 is 0 Å². The Morgan fingerprint density at radius 3 is 2.94 bits per heavy atom. The van der Waals surface area contributed by atoms with E-state index in [4.69, 9.17) is 11.6 Å². The molecule has 0 bridgehead atoms. The predicted molar refractivity (Wildman–Crippen MR) is 69.8 cm³/mol. The van der Waals surface area contributed by atoms with Crippen molar-refractivity contribution >= 4 is 28.7 Å². The van der Waals surface area contributed by atoms with Crippen molar-refractivity contribution in [2.75, 3.05) is 0 Å². The second-order valence-corrected chi connectivity index (χ2v) is 5.60. The third-order valence-corrected chi connectivity index (χ3v) is 4.24. The van der Waals surface area contributed by atoms with E-state index in [9.17, 15) is 4.79 Å². The zero-order valence-electron chi connectivity index (χ0n) is 9.07. The summed E-state index contributed by atoms with van der Waals surface area (Å²) >= 11 is 7.57. The summed E-state index contributed by atoms with van der Waals surface area (Å²) in [6.07, 6.45) is 2.55. The van der Waals surface area contributed by atoms with Crippen LogP contribution in [0.5, 0.6) is 0 Å². The van der Waals surface area contributed by atoms with Gasteiger partial charge in [0.2, 0.25) is 0 Å². The molecule has 0 amide bonds. The summed E-state index contributed by atoms with van der Waals surface area (Å²) in [5.74, 6) is 0.177. The number of aromatic nitrogens is 1. The molecular weight excluding hydrogens is 254 g/mol. The molecule has 1 aromatic carbocycles. The van der Waals surface area contributed by atoms with E-state index < -0.39 is 0 Å². The Kier molecular flexibility index (Phi) is 2.73. The molecule has 0 unspecified atom stereocenters. The van der Waals surface area contributed by atoms with Crippen LogP contribution in [-0.2, 0) is 6.42 Å². The number of nitrogens with zero attached hydrogens (tertiary/aromatic N) is 1. The van der Waals surface area contributed by atoms with Gasteiger partial charge in [-0.15, -0.1) is 11.3 Å². The number of hydrogen-bond acceptors (Lipinski definition) is 3. The Labute approximate surface area is 108 Å². The number of fused-ring (bicyclic) bond motifs is 1. The highest BCUT2D eigenvalue weighted by Gasteiger charge is 2.22. The highest BCUT2D eigenvalue weighted by Crippen LogP contribution is 2.33. The molecule has 1 heterocycles. The number of halogens is 1. The standard InChI is InChI=1S/C13H10ClNOS/c14-9-4-1-3-8(7-9)13-15-12-10(16)5-2-6-11(12)17-13/h1,3-4,7H,2,5-6H2. The number of Topliss-reactive ketones (excluding diaryl/α,β-unsaturated/α-hetero) is 1. The zero-order valence-corrected chi connectivity index (χ0v) is 10.6. The fourth-order valence-electron chi connectivity index (χ4n) is 2.01. The molecule has 3 rings (SSSR count). The van der Waals surface area contributed by atoms with E-state index in [1.54, 1.807) is 11.3 Å². The van der Waals surface area contributed by atoms with Gasteiger partial charge >= 0.3 is 0 Å². The van der Waals surface area contributed by atoms with E-state index in [1.807, 2.05) is 24.3 Å². The lowest BCUT2D eigenvalue weighted by atomic mass is 10.0. The third-order valence-electron chi connectivity index (χ3n) is 2.84. The van der Waals surface area contributed by atoms with Crippen molar-refractivity contribution in [3.05, 3.63) is 39.9 Å². The van der Waals surface area contributed by atoms with Gasteiger partial charge in [-0.25, -0.2) is 4.98 Å². The summed E-state index contributed by atoms with van der Waals surface area (Å²) in [4.78, 5) is 17.3. The van der Waals surface area contributed by atoms with Crippen molar-refractivity contribution in [3.63, 3.8) is 0 Å². The molecule has 0 saturated carbocycles. The van der Waals surface area contributed by atoms with Crippen LogP contribution in [0.15, 0.2) is 24.3 Å². The van der Waals surface area contributed by atoms with Crippen molar-refractivity contribution < 1.29 is 4.79 Å². The number of benzene rings is 1. The minimum Gasteiger partial charge on any atom is -0.292 e. The van der Waals surface area contributed by atoms with E-state index in [0.29, 0.717) is 17.1 Å². The smallest absolute Gasteiger partial charge is 0.182 e. The number of carbonyl (C=O) groups is 1. The normalized spacial score (nSPS) is 14.8. The quantitative estimate of drug-likeness (QED) is 0.779. The SMILES string of the molecule is O=C1CCCc2sc(-c3cccc(Cl)c3)nc21. The fourth-order valence-corrected chi connectivity index (χ4v) is 3.32. The molecule has 0 aliphatic heterocycles. The van der Waals surface area contributed by atoms with Crippen LogP contribution < -0.4 is 0 Å². The average molecular weight is 264 g/mol. The van der Waals surface area contributed by atoms with E-state index in [2.05, 4.69) is 4.98 Å². The van der Waals surface area contributed by atoms with Crippen LogP contribution in [0.3, 0.4) is 0 Å². The summed E-state index contributed by atoms with van der Waals surface area (Å²) in [5, 5.41) is 1.59. The van der Waals surface area contributed by atoms with Crippen LogP contribution in [-0.4, -0.2) is 10.8 Å². The van der Waals surface area contributed by atoms with Gasteiger partial charge in [-0.05, 0) is 25.0 Å². The van der Waals surface area contributed by atoms with Crippen molar-refractivity contribution in [1.82, 2.24) is 4.98 Å². The minimum atomic E-state index is 0.177. The maximum absolute atomic E-state index is 11.7. The summed E-state index contributed by atoms with van der Waals surface area (Å²) in [6.45, 7) is 0. The van der Waals surface area contributed by atoms with Gasteiger partial charge in [0.1, 0.15) is 10.7 Å². The predicted octanol–water partition coefficient (Wildman–Crippen LogP) is 3.98. The number of hydrogen-bond donors (Lipinski definition) is 0. The first-order valence-corrected chi connectivity index (χ1v) is 6.72. The minimum absolute atomic E-state index is 0.177. The Balaban J connectivity index is 2.08. The van der Waals surface area contributed by atoms with Crippen LogP contribution >= 0.6 is 22.9 Å². The number of carbonyl (C=O) groups excluding carboxylic acids is 1. The lowest BCUT2D eigenvalue weighted by Crippen LogP contribution is -2.08. The van der Waals surface area contributed by atoms with Gasteiger partial charge in [-0.3, -0.25) is 4.79 Å². The molecule has 0 fully saturated rings. The third kappa shape index (κ3) is 2.01. The van der Waals surface area contributed by atoms with E-state index in [1.165, 1.54) is 0 Å². The maximum atomic E-state index is 11.7. The molecule has 86 valence electrons. The van der Waals surface area contributed by atoms with E-state index >= 15 is 0 Å². The average Bonchev–Trinajstić information content (AvgIpc) is 2.74. The zero-order chi connectivity index (χ0) is 11.8. The molecular formula is C13H10ClNOS. The molecule has 2 nitrogen and oxygen atoms in total. The van der Waals surface area contributed by atoms with E-state index in [-0.39, 0.29) is 5.78 Å². The van der Waals surface area contributed by atoms with Crippen LogP contribution in [0.1, 0.15) is 28.2 Å². The highest BCUT2D eigenvalue weighted by molar-refractivity contribution is 7.15. The van der Waals surface area contributed by atoms with Crippen molar-refractivity contribution in [3.8, 4) is 10.6 Å². The van der Waals surface area contributed by atoms with Crippen LogP contribution in [0.4, 0.5) is 0 Å². The summed E-state index contributed by atoms with van der Waals surface area (Å²) < 4.78 is 0. The van der Waals surface area contributed by atoms with Crippen LogP contribution in [0.25, 0.3) is 10.6 Å².